The fraction of sp³-hybridized carbons (Fsp3) is 0.221. The highest BCUT2D eigenvalue weighted by Gasteiger charge is 2.40. The molecule has 9 aromatic carbocycles. The number of para-hydroxylation sites is 3. The van der Waals surface area contributed by atoms with Gasteiger partial charge in [0.15, 0.2) is 0 Å². The number of hydrogen-bond donors (Lipinski definition) is 0. The number of rotatable bonds is 9. The van der Waals surface area contributed by atoms with Gasteiger partial charge < -0.3 is 4.74 Å². The molecule has 5 heteroatoms. The highest BCUT2D eigenvalue weighted by molar-refractivity contribution is 6.10. The Bertz CT molecular complexity index is 4540. The second-order valence-corrected chi connectivity index (χ2v) is 26.0. The summed E-state index contributed by atoms with van der Waals surface area (Å²) < 4.78 is 40.4. The molecule has 82 heavy (non-hydrogen) atoms. The Kier molecular flexibility index (Phi) is 11.8. The van der Waals surface area contributed by atoms with E-state index in [1.54, 1.807) is 12.3 Å². The molecule has 2 aromatic heterocycles. The summed E-state index contributed by atoms with van der Waals surface area (Å²) in [6.45, 7) is 20.3. The van der Waals surface area contributed by atoms with Gasteiger partial charge in [0.2, 0.25) is 11.4 Å². The third-order valence-electron chi connectivity index (χ3n) is 17.3. The summed E-state index contributed by atoms with van der Waals surface area (Å²) in [6.07, 6.45) is 3.93. The molecule has 13 rings (SSSR count). The van der Waals surface area contributed by atoms with E-state index < -0.39 is 6.85 Å². The molecule has 0 saturated carbocycles. The highest BCUT2D eigenvalue weighted by atomic mass is 16.5. The lowest BCUT2D eigenvalue weighted by Crippen LogP contribution is -2.33. The van der Waals surface area contributed by atoms with Crippen LogP contribution in [-0.4, -0.2) is 15.6 Å². The predicted molar refractivity (Wildman–Crippen MR) is 345 cm³/mol. The highest BCUT2D eigenvalue weighted by Crippen LogP contribution is 2.49. The fourth-order valence-electron chi connectivity index (χ4n) is 12.4. The van der Waals surface area contributed by atoms with Crippen LogP contribution in [0.2, 0.25) is 0 Å². The first-order valence-corrected chi connectivity index (χ1v) is 28.9. The Balaban J connectivity index is 0.938. The molecule has 5 nitrogen and oxygen atoms in total. The molecule has 0 fully saturated rings. The SMILES string of the molecule is [2H]C([2H])([2H])c1cc(-n2c3cc(Oc4cccc([N+]5=C=[N+](c6c(-c7ccccc7)cccc6-c6cc(-c7ccccc7)cc(C(C)(C)C)c6)c6ccccc65)c4)ccc3c3ccc(C(C)(C)C)cc32)ncc1-c1ccc2c(c1)C(C)(C)CCC2(C)C. The molecule has 0 bridgehead atoms. The monoisotopic (exact) mass is 1070 g/mol. The Morgan fingerprint density at radius 1 is 0.488 bits per heavy atom. The van der Waals surface area contributed by atoms with Crippen LogP contribution in [0.1, 0.15) is 114 Å². The van der Waals surface area contributed by atoms with Crippen LogP contribution in [0, 0.1) is 6.85 Å². The molecule has 0 unspecified atom stereocenters. The van der Waals surface area contributed by atoms with E-state index in [1.165, 1.54) is 27.8 Å². The molecule has 0 spiro atoms. The van der Waals surface area contributed by atoms with Gasteiger partial charge in [0.05, 0.1) is 28.2 Å². The van der Waals surface area contributed by atoms with E-state index in [9.17, 15) is 0 Å². The topological polar surface area (TPSA) is 33.1 Å². The second kappa shape index (κ2) is 19.7. The summed E-state index contributed by atoms with van der Waals surface area (Å²) in [5, 5.41) is 2.04. The molecule has 404 valence electrons. The van der Waals surface area contributed by atoms with Crippen molar-refractivity contribution in [3.63, 3.8) is 0 Å². The number of aromatic nitrogens is 2. The molecular formula is C77H72N4O+2. The summed E-state index contributed by atoms with van der Waals surface area (Å²) in [5.41, 5.74) is 18.9. The van der Waals surface area contributed by atoms with Crippen molar-refractivity contribution in [1.82, 2.24) is 18.7 Å². The Hall–Kier alpha value is -8.89. The summed E-state index contributed by atoms with van der Waals surface area (Å²) >= 11 is 0. The van der Waals surface area contributed by atoms with Gasteiger partial charge in [0.1, 0.15) is 17.3 Å². The van der Waals surface area contributed by atoms with Crippen molar-refractivity contribution in [1.29, 1.82) is 0 Å². The average Bonchev–Trinajstić information content (AvgIpc) is 1.93. The number of fused-ring (bicyclic) bond motifs is 5. The number of ether oxygens (including phenoxy) is 1. The molecule has 1 aliphatic carbocycles. The predicted octanol–water partition coefficient (Wildman–Crippen LogP) is 20.7. The van der Waals surface area contributed by atoms with Gasteiger partial charge in [0.25, 0.3) is 11.4 Å². The zero-order chi connectivity index (χ0) is 59.4. The van der Waals surface area contributed by atoms with E-state index in [1.807, 2.05) is 18.2 Å². The molecule has 0 atom stereocenters. The molecular weight excluding hydrogens is 997 g/mol. The van der Waals surface area contributed by atoms with E-state index in [4.69, 9.17) is 13.8 Å². The molecule has 11 aromatic rings. The van der Waals surface area contributed by atoms with E-state index >= 15 is 0 Å². The lowest BCUT2D eigenvalue weighted by Gasteiger charge is -2.42. The maximum atomic E-state index is 9.01. The van der Waals surface area contributed by atoms with Gasteiger partial charge in [-0.3, -0.25) is 4.57 Å². The maximum Gasteiger partial charge on any atom is 0.503 e. The lowest BCUT2D eigenvalue weighted by molar-refractivity contribution is 0.332. The number of aryl methyl sites for hydroxylation is 1. The molecule has 1 aliphatic heterocycles. The minimum absolute atomic E-state index is 0.0297. The fourth-order valence-corrected chi connectivity index (χ4v) is 12.4. The summed E-state index contributed by atoms with van der Waals surface area (Å²) in [5.74, 6) is 1.80. The third-order valence-corrected chi connectivity index (χ3v) is 17.3. The molecule has 0 amide bonds. The standard InChI is InChI=1S/C77H72N4O/c1-50-40-72(78-48-65(50)53-32-37-66-67(44-53)77(10,11)39-38-76(66,8)9)81-70-45-56(74(2,3)4)33-35-63(70)64-36-34-60(47-71(64)81)82-59-27-20-26-58(46-59)79-49-80(69-31-19-18-30-68(69)79)73-61(52-24-16-13-17-25-52)28-21-29-62(73)55-41-54(51-22-14-12-15-23-51)42-57(43-55)75(5,6)7/h12-37,40-48H,38-39H2,1-11H3/q+2/i1D3. The van der Waals surface area contributed by atoms with Gasteiger partial charge in [-0.2, -0.15) is 0 Å². The van der Waals surface area contributed by atoms with Gasteiger partial charge >= 0.3 is 6.01 Å². The van der Waals surface area contributed by atoms with Crippen molar-refractivity contribution in [2.24, 2.45) is 0 Å². The largest absolute Gasteiger partial charge is 0.503 e. The first-order chi connectivity index (χ1) is 40.5. The minimum Gasteiger partial charge on any atom is -0.457 e. The molecule has 0 radical (unpaired) electrons. The van der Waals surface area contributed by atoms with Gasteiger partial charge in [-0.1, -0.05) is 197 Å². The summed E-state index contributed by atoms with van der Waals surface area (Å²) in [6, 6.07) is 76.6. The normalized spacial score (nSPS) is 15.3. The van der Waals surface area contributed by atoms with E-state index in [0.717, 1.165) is 90.8 Å². The van der Waals surface area contributed by atoms with Crippen LogP contribution in [-0.2, 0) is 21.7 Å². The van der Waals surface area contributed by atoms with Gasteiger partial charge in [-0.25, -0.2) is 4.98 Å². The molecule has 2 aliphatic rings. The number of hydrogen-bond acceptors (Lipinski definition) is 2. The van der Waals surface area contributed by atoms with Crippen LogP contribution in [0.25, 0.3) is 72.1 Å². The van der Waals surface area contributed by atoms with Crippen LogP contribution in [0.3, 0.4) is 0 Å². The van der Waals surface area contributed by atoms with Crippen molar-refractivity contribution >= 4 is 50.6 Å². The first-order valence-electron chi connectivity index (χ1n) is 30.4. The van der Waals surface area contributed by atoms with Crippen LogP contribution >= 0.6 is 0 Å². The quantitative estimate of drug-likeness (QED) is 0.135. The van der Waals surface area contributed by atoms with Crippen molar-refractivity contribution in [3.8, 4) is 61.8 Å². The molecule has 0 N–H and O–H groups in total. The Labute approximate surface area is 488 Å². The number of nitrogens with zero attached hydrogens (tertiary/aromatic N) is 4. The minimum atomic E-state index is -2.42. The van der Waals surface area contributed by atoms with E-state index in [2.05, 4.69) is 271 Å². The summed E-state index contributed by atoms with van der Waals surface area (Å²) in [4.78, 5) is 5.19. The lowest BCUT2D eigenvalue weighted by atomic mass is 9.63. The zero-order valence-corrected chi connectivity index (χ0v) is 48.8. The second-order valence-electron chi connectivity index (χ2n) is 26.0. The van der Waals surface area contributed by atoms with Crippen molar-refractivity contribution in [3.05, 3.63) is 240 Å². The van der Waals surface area contributed by atoms with E-state index in [0.29, 0.717) is 22.9 Å². The smallest absolute Gasteiger partial charge is 0.457 e. The zero-order valence-electron chi connectivity index (χ0n) is 51.8. The van der Waals surface area contributed by atoms with Crippen LogP contribution in [0.15, 0.2) is 212 Å². The Morgan fingerprint density at radius 3 is 1.80 bits per heavy atom. The van der Waals surface area contributed by atoms with Crippen molar-refractivity contribution < 1.29 is 8.85 Å². The molecule has 3 heterocycles. The van der Waals surface area contributed by atoms with Gasteiger partial charge in [-0.05, 0) is 155 Å². The Morgan fingerprint density at radius 2 is 1.10 bits per heavy atom. The first kappa shape index (κ1) is 49.0. The van der Waals surface area contributed by atoms with Crippen molar-refractivity contribution in [2.75, 3.05) is 0 Å². The van der Waals surface area contributed by atoms with Gasteiger partial charge in [0, 0.05) is 50.9 Å². The maximum absolute atomic E-state index is 9.01. The van der Waals surface area contributed by atoms with Crippen LogP contribution in [0.4, 0.5) is 22.7 Å². The van der Waals surface area contributed by atoms with Crippen LogP contribution in [0.5, 0.6) is 11.5 Å². The third kappa shape index (κ3) is 9.37. The number of pyridine rings is 1. The molecule has 0 saturated heterocycles. The average molecular weight is 1070 g/mol. The van der Waals surface area contributed by atoms with Gasteiger partial charge in [-0.15, -0.1) is 0 Å². The van der Waals surface area contributed by atoms with Crippen LogP contribution < -0.4 is 13.9 Å². The summed E-state index contributed by atoms with van der Waals surface area (Å²) in [7, 11) is 0. The van der Waals surface area contributed by atoms with Crippen molar-refractivity contribution in [2.45, 2.75) is 111 Å². The number of benzene rings is 9. The van der Waals surface area contributed by atoms with E-state index in [-0.39, 0.29) is 27.2 Å².